The van der Waals surface area contributed by atoms with Gasteiger partial charge in [-0.05, 0) is 18.6 Å². The van der Waals surface area contributed by atoms with Gasteiger partial charge >= 0.3 is 0 Å². The molecule has 78 valence electrons. The number of amides is 1. The summed E-state index contributed by atoms with van der Waals surface area (Å²) >= 11 is 0. The predicted octanol–water partition coefficient (Wildman–Crippen LogP) is 0.988. The molecule has 0 saturated carbocycles. The number of hydrogen-bond acceptors (Lipinski definition) is 3. The lowest BCUT2D eigenvalue weighted by atomic mass is 10.2. The molecule has 1 amide bonds. The normalized spacial score (nSPS) is 16.3. The minimum absolute atomic E-state index is 0.0987. The SMILES string of the molecule is O=C(NN1CC=CCC1)c1cccnc1. The fourth-order valence-corrected chi connectivity index (χ4v) is 1.45. The Labute approximate surface area is 88.6 Å². The molecule has 0 unspecified atom stereocenters. The first kappa shape index (κ1) is 9.86. The van der Waals surface area contributed by atoms with Crippen molar-refractivity contribution < 1.29 is 4.79 Å². The second-order valence-electron chi connectivity index (χ2n) is 3.39. The number of carbonyl (C=O) groups excluding carboxylic acids is 1. The second kappa shape index (κ2) is 4.70. The lowest BCUT2D eigenvalue weighted by Crippen LogP contribution is -2.43. The molecule has 1 N–H and O–H groups in total. The number of rotatable bonds is 2. The van der Waals surface area contributed by atoms with E-state index >= 15 is 0 Å². The molecule has 1 aromatic rings. The van der Waals surface area contributed by atoms with Crippen LogP contribution in [0, 0.1) is 0 Å². The van der Waals surface area contributed by atoms with Crippen LogP contribution in [-0.4, -0.2) is 29.0 Å². The molecule has 15 heavy (non-hydrogen) atoms. The molecule has 1 aliphatic rings. The van der Waals surface area contributed by atoms with Gasteiger partial charge in [-0.1, -0.05) is 12.2 Å². The van der Waals surface area contributed by atoms with Crippen molar-refractivity contribution in [1.82, 2.24) is 15.4 Å². The van der Waals surface area contributed by atoms with Crippen molar-refractivity contribution >= 4 is 5.91 Å². The Morgan fingerprint density at radius 2 is 2.40 bits per heavy atom. The van der Waals surface area contributed by atoms with E-state index in [2.05, 4.69) is 16.5 Å². The first-order valence-electron chi connectivity index (χ1n) is 4.97. The van der Waals surface area contributed by atoms with E-state index < -0.39 is 0 Å². The van der Waals surface area contributed by atoms with Gasteiger partial charge in [-0.15, -0.1) is 0 Å². The molecule has 4 heteroatoms. The fourth-order valence-electron chi connectivity index (χ4n) is 1.45. The van der Waals surface area contributed by atoms with Gasteiger partial charge < -0.3 is 0 Å². The smallest absolute Gasteiger partial charge is 0.267 e. The third-order valence-corrected chi connectivity index (χ3v) is 2.24. The Morgan fingerprint density at radius 1 is 1.47 bits per heavy atom. The van der Waals surface area contributed by atoms with Crippen molar-refractivity contribution in [2.24, 2.45) is 0 Å². The Kier molecular flexibility index (Phi) is 3.09. The zero-order valence-corrected chi connectivity index (χ0v) is 8.39. The molecule has 2 heterocycles. The summed E-state index contributed by atoms with van der Waals surface area (Å²) in [5.74, 6) is -0.0987. The van der Waals surface area contributed by atoms with Crippen LogP contribution >= 0.6 is 0 Å². The maximum Gasteiger partial charge on any atom is 0.267 e. The van der Waals surface area contributed by atoms with Gasteiger partial charge in [0.25, 0.3) is 5.91 Å². The standard InChI is InChI=1S/C11H13N3O/c15-11(10-5-4-6-12-9-10)13-14-7-2-1-3-8-14/h1-2,4-6,9H,3,7-8H2,(H,13,15). The molecular formula is C11H13N3O. The minimum atomic E-state index is -0.0987. The molecular weight excluding hydrogens is 190 g/mol. The molecule has 4 nitrogen and oxygen atoms in total. The van der Waals surface area contributed by atoms with E-state index in [-0.39, 0.29) is 5.91 Å². The highest BCUT2D eigenvalue weighted by Gasteiger charge is 2.10. The highest BCUT2D eigenvalue weighted by atomic mass is 16.2. The number of hydrogen-bond donors (Lipinski definition) is 1. The molecule has 0 saturated heterocycles. The first-order valence-corrected chi connectivity index (χ1v) is 4.97. The van der Waals surface area contributed by atoms with E-state index in [1.54, 1.807) is 24.5 Å². The highest BCUT2D eigenvalue weighted by molar-refractivity contribution is 5.93. The van der Waals surface area contributed by atoms with Gasteiger partial charge in [0, 0.05) is 25.5 Å². The molecule has 0 spiro atoms. The number of hydrazine groups is 1. The molecule has 0 atom stereocenters. The highest BCUT2D eigenvalue weighted by Crippen LogP contribution is 2.00. The van der Waals surface area contributed by atoms with Gasteiger partial charge in [0.15, 0.2) is 0 Å². The number of nitrogens with zero attached hydrogens (tertiary/aromatic N) is 2. The quantitative estimate of drug-likeness (QED) is 0.729. The van der Waals surface area contributed by atoms with E-state index in [4.69, 9.17) is 0 Å². The van der Waals surface area contributed by atoms with Gasteiger partial charge in [-0.25, -0.2) is 5.01 Å². The maximum absolute atomic E-state index is 11.7. The van der Waals surface area contributed by atoms with Crippen molar-refractivity contribution in [3.63, 3.8) is 0 Å². The second-order valence-corrected chi connectivity index (χ2v) is 3.39. The summed E-state index contributed by atoms with van der Waals surface area (Å²) in [7, 11) is 0. The van der Waals surface area contributed by atoms with Crippen LogP contribution < -0.4 is 5.43 Å². The van der Waals surface area contributed by atoms with Crippen LogP contribution in [0.4, 0.5) is 0 Å². The van der Waals surface area contributed by atoms with Gasteiger partial charge in [0.05, 0.1) is 5.56 Å². The first-order chi connectivity index (χ1) is 7.36. The largest absolute Gasteiger partial charge is 0.284 e. The average Bonchev–Trinajstić information content (AvgIpc) is 2.31. The van der Waals surface area contributed by atoms with E-state index in [0.29, 0.717) is 5.56 Å². The van der Waals surface area contributed by atoms with Crippen LogP contribution in [0.3, 0.4) is 0 Å². The molecule has 2 rings (SSSR count). The van der Waals surface area contributed by atoms with Crippen molar-refractivity contribution in [2.75, 3.05) is 13.1 Å². The van der Waals surface area contributed by atoms with E-state index in [0.717, 1.165) is 19.5 Å². The van der Waals surface area contributed by atoms with E-state index in [9.17, 15) is 4.79 Å². The number of carbonyl (C=O) groups is 1. The van der Waals surface area contributed by atoms with E-state index in [1.165, 1.54) is 0 Å². The van der Waals surface area contributed by atoms with Gasteiger partial charge in [-0.2, -0.15) is 0 Å². The van der Waals surface area contributed by atoms with Gasteiger partial charge in [-0.3, -0.25) is 15.2 Å². The van der Waals surface area contributed by atoms with Crippen molar-refractivity contribution in [3.05, 3.63) is 42.2 Å². The van der Waals surface area contributed by atoms with E-state index in [1.807, 2.05) is 11.1 Å². The van der Waals surface area contributed by atoms with Crippen molar-refractivity contribution in [1.29, 1.82) is 0 Å². The Bertz CT molecular complexity index is 361. The monoisotopic (exact) mass is 203 g/mol. The maximum atomic E-state index is 11.7. The third-order valence-electron chi connectivity index (χ3n) is 2.24. The summed E-state index contributed by atoms with van der Waals surface area (Å²) in [4.78, 5) is 15.6. The molecule has 0 aromatic carbocycles. The zero-order valence-electron chi connectivity index (χ0n) is 8.39. The zero-order chi connectivity index (χ0) is 10.5. The topological polar surface area (TPSA) is 45.2 Å². The number of pyridine rings is 1. The lowest BCUT2D eigenvalue weighted by Gasteiger charge is -2.23. The Morgan fingerprint density at radius 3 is 3.07 bits per heavy atom. The van der Waals surface area contributed by atoms with Gasteiger partial charge in [0.1, 0.15) is 0 Å². The molecule has 0 radical (unpaired) electrons. The van der Waals surface area contributed by atoms with Crippen molar-refractivity contribution in [3.8, 4) is 0 Å². The van der Waals surface area contributed by atoms with Crippen LogP contribution in [0.5, 0.6) is 0 Å². The van der Waals surface area contributed by atoms with Crippen molar-refractivity contribution in [2.45, 2.75) is 6.42 Å². The summed E-state index contributed by atoms with van der Waals surface area (Å²) in [5, 5.41) is 1.90. The predicted molar refractivity (Wildman–Crippen MR) is 57.0 cm³/mol. The third kappa shape index (κ3) is 2.63. The number of nitrogens with one attached hydrogen (secondary N) is 1. The molecule has 1 aliphatic heterocycles. The number of aromatic nitrogens is 1. The summed E-state index contributed by atoms with van der Waals surface area (Å²) in [6.45, 7) is 1.63. The lowest BCUT2D eigenvalue weighted by molar-refractivity contribution is 0.0804. The minimum Gasteiger partial charge on any atom is -0.284 e. The fraction of sp³-hybridized carbons (Fsp3) is 0.273. The molecule has 1 aromatic heterocycles. The molecule has 0 bridgehead atoms. The van der Waals surface area contributed by atoms with Gasteiger partial charge in [0.2, 0.25) is 0 Å². The summed E-state index contributed by atoms with van der Waals surface area (Å²) in [5.41, 5.74) is 3.43. The van der Waals surface area contributed by atoms with Crippen LogP contribution in [-0.2, 0) is 0 Å². The molecule has 0 fully saturated rings. The summed E-state index contributed by atoms with van der Waals surface area (Å²) in [6.07, 6.45) is 8.36. The summed E-state index contributed by atoms with van der Waals surface area (Å²) in [6, 6.07) is 3.51. The Hall–Kier alpha value is -1.68. The Balaban J connectivity index is 1.95. The van der Waals surface area contributed by atoms with Crippen LogP contribution in [0.25, 0.3) is 0 Å². The van der Waals surface area contributed by atoms with Crippen LogP contribution in [0.1, 0.15) is 16.8 Å². The molecule has 0 aliphatic carbocycles. The summed E-state index contributed by atoms with van der Waals surface area (Å²) < 4.78 is 0. The van der Waals surface area contributed by atoms with Crippen LogP contribution in [0.15, 0.2) is 36.7 Å². The van der Waals surface area contributed by atoms with Crippen LogP contribution in [0.2, 0.25) is 0 Å². The average molecular weight is 203 g/mol.